The molecule has 1 amide bonds. The van der Waals surface area contributed by atoms with Gasteiger partial charge in [-0.2, -0.15) is 5.10 Å². The van der Waals surface area contributed by atoms with Crippen LogP contribution >= 0.6 is 0 Å². The minimum atomic E-state index is -0.152. The summed E-state index contributed by atoms with van der Waals surface area (Å²) >= 11 is 0. The van der Waals surface area contributed by atoms with Gasteiger partial charge in [0, 0.05) is 13.2 Å². The number of hydrogen-bond acceptors (Lipinski definition) is 3. The Kier molecular flexibility index (Phi) is 4.55. The van der Waals surface area contributed by atoms with Crippen molar-refractivity contribution in [2.75, 3.05) is 7.11 Å². The summed E-state index contributed by atoms with van der Waals surface area (Å²) < 4.78 is 6.98. The first-order valence-electron chi connectivity index (χ1n) is 6.25. The monoisotopic (exact) mass is 271 g/mol. The number of amides is 1. The number of methoxy groups -OCH3 is 1. The van der Waals surface area contributed by atoms with Crippen molar-refractivity contribution in [3.63, 3.8) is 0 Å². The van der Waals surface area contributed by atoms with Crippen LogP contribution in [0.15, 0.2) is 47.7 Å². The second kappa shape index (κ2) is 6.56. The summed E-state index contributed by atoms with van der Waals surface area (Å²) in [5.74, 6) is 0.622. The summed E-state index contributed by atoms with van der Waals surface area (Å²) in [5.41, 5.74) is 4.35. The highest BCUT2D eigenvalue weighted by Crippen LogP contribution is 2.11. The molecule has 0 aliphatic carbocycles. The summed E-state index contributed by atoms with van der Waals surface area (Å²) in [7, 11) is 3.53. The molecule has 0 fully saturated rings. The molecular weight excluding hydrogens is 254 g/mol. The Morgan fingerprint density at radius 1 is 1.35 bits per heavy atom. The molecule has 104 valence electrons. The van der Waals surface area contributed by atoms with Gasteiger partial charge in [-0.3, -0.25) is 4.79 Å². The summed E-state index contributed by atoms with van der Waals surface area (Å²) in [6.07, 6.45) is 3.82. The van der Waals surface area contributed by atoms with E-state index in [1.54, 1.807) is 13.3 Å². The molecule has 0 aliphatic rings. The lowest BCUT2D eigenvalue weighted by atomic mass is 10.1. The fourth-order valence-electron chi connectivity index (χ4n) is 1.75. The van der Waals surface area contributed by atoms with Crippen LogP contribution in [0.5, 0.6) is 5.75 Å². The van der Waals surface area contributed by atoms with Crippen LogP contribution in [0.4, 0.5) is 0 Å². The SMILES string of the molecule is COc1ccc(CC(=O)N/N=C/c2cccn2C)cc1. The zero-order valence-electron chi connectivity index (χ0n) is 11.5. The summed E-state index contributed by atoms with van der Waals surface area (Å²) in [4.78, 5) is 11.7. The Bertz CT molecular complexity index is 600. The summed E-state index contributed by atoms with van der Waals surface area (Å²) in [6.45, 7) is 0. The third-order valence-electron chi connectivity index (χ3n) is 2.89. The quantitative estimate of drug-likeness (QED) is 0.665. The molecule has 0 radical (unpaired) electrons. The molecule has 1 aromatic carbocycles. The van der Waals surface area contributed by atoms with E-state index in [1.165, 1.54) is 0 Å². The number of hydrogen-bond donors (Lipinski definition) is 1. The maximum atomic E-state index is 11.7. The Hall–Kier alpha value is -2.56. The zero-order valence-corrected chi connectivity index (χ0v) is 11.5. The van der Waals surface area contributed by atoms with Crippen LogP contribution < -0.4 is 10.2 Å². The lowest BCUT2D eigenvalue weighted by Gasteiger charge is -2.02. The van der Waals surface area contributed by atoms with Crippen LogP contribution in [0.2, 0.25) is 0 Å². The van der Waals surface area contributed by atoms with E-state index in [4.69, 9.17) is 4.74 Å². The highest BCUT2D eigenvalue weighted by atomic mass is 16.5. The molecule has 0 atom stereocenters. The van der Waals surface area contributed by atoms with Gasteiger partial charge in [-0.1, -0.05) is 12.1 Å². The Morgan fingerprint density at radius 2 is 2.10 bits per heavy atom. The molecule has 0 unspecified atom stereocenters. The van der Waals surface area contributed by atoms with Gasteiger partial charge in [0.2, 0.25) is 5.91 Å². The number of benzene rings is 1. The number of aromatic nitrogens is 1. The van der Waals surface area contributed by atoms with Crippen molar-refractivity contribution in [3.05, 3.63) is 53.9 Å². The maximum Gasteiger partial charge on any atom is 0.244 e. The van der Waals surface area contributed by atoms with Gasteiger partial charge in [-0.05, 0) is 29.8 Å². The molecule has 0 saturated carbocycles. The third-order valence-corrected chi connectivity index (χ3v) is 2.89. The number of nitrogens with one attached hydrogen (secondary N) is 1. The fourth-order valence-corrected chi connectivity index (χ4v) is 1.75. The number of carbonyl (C=O) groups excluding carboxylic acids is 1. The molecule has 0 bridgehead atoms. The Morgan fingerprint density at radius 3 is 2.70 bits per heavy atom. The molecule has 0 spiro atoms. The lowest BCUT2D eigenvalue weighted by Crippen LogP contribution is -2.19. The van der Waals surface area contributed by atoms with Crippen molar-refractivity contribution in [2.45, 2.75) is 6.42 Å². The lowest BCUT2D eigenvalue weighted by molar-refractivity contribution is -0.120. The van der Waals surface area contributed by atoms with Crippen molar-refractivity contribution in [1.29, 1.82) is 0 Å². The smallest absolute Gasteiger partial charge is 0.244 e. The number of aryl methyl sites for hydroxylation is 1. The van der Waals surface area contributed by atoms with E-state index in [2.05, 4.69) is 10.5 Å². The predicted molar refractivity (Wildman–Crippen MR) is 77.8 cm³/mol. The average Bonchev–Trinajstić information content (AvgIpc) is 2.85. The molecule has 5 nitrogen and oxygen atoms in total. The molecule has 1 aromatic heterocycles. The minimum Gasteiger partial charge on any atom is -0.497 e. The van der Waals surface area contributed by atoms with Gasteiger partial charge >= 0.3 is 0 Å². The maximum absolute atomic E-state index is 11.7. The van der Waals surface area contributed by atoms with E-state index in [0.717, 1.165) is 17.0 Å². The molecule has 1 N–H and O–H groups in total. The number of carbonyl (C=O) groups is 1. The van der Waals surface area contributed by atoms with Gasteiger partial charge < -0.3 is 9.30 Å². The molecule has 0 aliphatic heterocycles. The van der Waals surface area contributed by atoms with E-state index in [-0.39, 0.29) is 12.3 Å². The number of ether oxygens (including phenoxy) is 1. The number of nitrogens with zero attached hydrogens (tertiary/aromatic N) is 2. The van der Waals surface area contributed by atoms with Gasteiger partial charge in [-0.25, -0.2) is 5.43 Å². The predicted octanol–water partition coefficient (Wildman–Crippen LogP) is 1.73. The highest BCUT2D eigenvalue weighted by molar-refractivity contribution is 5.82. The largest absolute Gasteiger partial charge is 0.497 e. The molecule has 5 heteroatoms. The molecule has 2 aromatic rings. The van der Waals surface area contributed by atoms with Gasteiger partial charge in [0.05, 0.1) is 25.4 Å². The molecule has 0 saturated heterocycles. The molecule has 20 heavy (non-hydrogen) atoms. The molecular formula is C15H17N3O2. The van der Waals surface area contributed by atoms with E-state index in [9.17, 15) is 4.79 Å². The zero-order chi connectivity index (χ0) is 14.4. The van der Waals surface area contributed by atoms with Gasteiger partial charge in [0.15, 0.2) is 0 Å². The second-order valence-electron chi connectivity index (χ2n) is 4.36. The molecule has 1 heterocycles. The van der Waals surface area contributed by atoms with E-state index >= 15 is 0 Å². The third kappa shape index (κ3) is 3.71. The van der Waals surface area contributed by atoms with Crippen LogP contribution in [0.3, 0.4) is 0 Å². The molecule has 2 rings (SSSR count). The normalized spacial score (nSPS) is 10.7. The van der Waals surface area contributed by atoms with E-state index < -0.39 is 0 Å². The minimum absolute atomic E-state index is 0.152. The van der Waals surface area contributed by atoms with Crippen LogP contribution in [-0.2, 0) is 18.3 Å². The van der Waals surface area contributed by atoms with Gasteiger partial charge in [-0.15, -0.1) is 0 Å². The van der Waals surface area contributed by atoms with Crippen molar-refractivity contribution in [2.24, 2.45) is 12.1 Å². The first-order chi connectivity index (χ1) is 9.69. The van der Waals surface area contributed by atoms with Crippen molar-refractivity contribution >= 4 is 12.1 Å². The van der Waals surface area contributed by atoms with Gasteiger partial charge in [0.25, 0.3) is 0 Å². The first kappa shape index (κ1) is 13.9. The van der Waals surface area contributed by atoms with E-state index in [0.29, 0.717) is 0 Å². The summed E-state index contributed by atoms with van der Waals surface area (Å²) in [5, 5.41) is 3.93. The summed E-state index contributed by atoms with van der Waals surface area (Å²) in [6, 6.07) is 11.2. The fraction of sp³-hybridized carbons (Fsp3) is 0.200. The van der Waals surface area contributed by atoms with E-state index in [1.807, 2.05) is 54.2 Å². The first-order valence-corrected chi connectivity index (χ1v) is 6.25. The second-order valence-corrected chi connectivity index (χ2v) is 4.36. The average molecular weight is 271 g/mol. The Balaban J connectivity index is 1.86. The van der Waals surface area contributed by atoms with Crippen LogP contribution in [-0.4, -0.2) is 23.8 Å². The van der Waals surface area contributed by atoms with Gasteiger partial charge in [0.1, 0.15) is 5.75 Å². The number of rotatable bonds is 5. The van der Waals surface area contributed by atoms with Crippen LogP contribution in [0, 0.1) is 0 Å². The number of hydrazone groups is 1. The van der Waals surface area contributed by atoms with Crippen LogP contribution in [0.1, 0.15) is 11.3 Å². The standard InChI is InChI=1S/C15H17N3O2/c1-18-9-3-4-13(18)11-16-17-15(19)10-12-5-7-14(20-2)8-6-12/h3-9,11H,10H2,1-2H3,(H,17,19)/b16-11+. The topological polar surface area (TPSA) is 55.6 Å². The van der Waals surface area contributed by atoms with Crippen molar-refractivity contribution in [3.8, 4) is 5.75 Å². The Labute approximate surface area is 117 Å². The van der Waals surface area contributed by atoms with Crippen molar-refractivity contribution < 1.29 is 9.53 Å². The van der Waals surface area contributed by atoms with Crippen molar-refractivity contribution in [1.82, 2.24) is 9.99 Å². The van der Waals surface area contributed by atoms with Crippen LogP contribution in [0.25, 0.3) is 0 Å². The highest BCUT2D eigenvalue weighted by Gasteiger charge is 2.02.